The van der Waals surface area contributed by atoms with Crippen molar-refractivity contribution in [3.63, 3.8) is 0 Å². The number of carboxylic acid groups (broad SMARTS) is 1. The molecular weight excluding hydrogens is 1000 g/mol. The van der Waals surface area contributed by atoms with E-state index in [4.69, 9.17) is 6.58 Å². The normalized spacial score (nSPS) is 35.4. The van der Waals surface area contributed by atoms with Gasteiger partial charge in [0.25, 0.3) is 0 Å². The van der Waals surface area contributed by atoms with Crippen molar-refractivity contribution in [1.82, 2.24) is 0 Å². The number of benzene rings is 4. The van der Waals surface area contributed by atoms with E-state index in [0.717, 1.165) is 94.6 Å². The Kier molecular flexibility index (Phi) is 14.6. The van der Waals surface area contributed by atoms with Gasteiger partial charge in [0, 0.05) is 33.5 Å². The molecule has 5 heteroatoms. The van der Waals surface area contributed by atoms with E-state index in [9.17, 15) is 25.2 Å². The Balaban J connectivity index is 0.990. The monoisotopic (exact) mass is 1100 g/mol. The molecule has 5 nitrogen and oxygen atoms in total. The molecule has 4 fully saturated rings. The lowest BCUT2D eigenvalue weighted by atomic mass is 9.29. The standard InChI is InChI=1S/C77H94O5/c1-48(2)40-59-34-37-73(5)69(80)36-39-76-65-35-38-74(6)70(62(71(81)82)33-24-49(3)50(4)54-19-11-8-12-20-54)68(79)47-77(74,58-29-25-52(26-30-58)41-51-16-9-7-10-17-51)67(65)46-75(59,72(73)76)45-64-63(61-23-14-13-21-57(61)44-66(64)76)43-53-18-15-22-56(42-53)55-27-31-60(78)32-28-55/h7,9-10,13-18,21-23,27-28,31-32,34,42,44-45,48,50,52,54,58,62,66,68-70,72,78-80H,3,8,11-12,19-20,24-26,29-30,33,35-41,43,46-47H2,1-2,4-6H3,(H,81,82). The van der Waals surface area contributed by atoms with Crippen molar-refractivity contribution in [3.8, 4) is 16.9 Å². The molecule has 0 radical (unpaired) electrons. The van der Waals surface area contributed by atoms with Crippen molar-refractivity contribution >= 4 is 17.6 Å². The number of carboxylic acids is 1. The Morgan fingerprint density at radius 1 is 0.780 bits per heavy atom. The summed E-state index contributed by atoms with van der Waals surface area (Å²) in [5, 5.41) is 50.9. The third kappa shape index (κ3) is 8.82. The second-order valence-corrected chi connectivity index (χ2v) is 29.4. The maximum absolute atomic E-state index is 14.3. The molecule has 0 aromatic heterocycles. The Morgan fingerprint density at radius 2 is 1.51 bits per heavy atom. The van der Waals surface area contributed by atoms with E-state index in [-0.39, 0.29) is 45.2 Å². The average molecular weight is 1100 g/mol. The quantitative estimate of drug-likeness (QED) is 0.0889. The fourth-order valence-corrected chi connectivity index (χ4v) is 21.5. The van der Waals surface area contributed by atoms with E-state index in [2.05, 4.69) is 132 Å². The molecule has 4 N–H and O–H groups in total. The lowest BCUT2D eigenvalue weighted by molar-refractivity contribution is -0.168. The first-order valence-corrected chi connectivity index (χ1v) is 32.7. The number of phenolic OH excluding ortho intramolecular Hbond substituents is 1. The summed E-state index contributed by atoms with van der Waals surface area (Å²) in [4.78, 5) is 14.3. The number of aromatic hydroxyl groups is 1. The molecule has 0 spiro atoms. The van der Waals surface area contributed by atoms with Crippen LogP contribution in [-0.4, -0.2) is 38.6 Å². The second kappa shape index (κ2) is 21.4. The van der Waals surface area contributed by atoms with Crippen molar-refractivity contribution in [2.24, 2.45) is 80.3 Å². The zero-order valence-corrected chi connectivity index (χ0v) is 50.2. The Morgan fingerprint density at radius 3 is 2.26 bits per heavy atom. The number of carbonyl (C=O) groups is 1. The molecule has 4 aromatic rings. The van der Waals surface area contributed by atoms with Crippen LogP contribution in [0.1, 0.15) is 168 Å². The third-order valence-corrected chi connectivity index (χ3v) is 25.1. The van der Waals surface area contributed by atoms with Gasteiger partial charge in [-0.1, -0.05) is 192 Å². The second-order valence-electron chi connectivity index (χ2n) is 29.4. The van der Waals surface area contributed by atoms with Crippen molar-refractivity contribution < 1.29 is 25.2 Å². The number of hydrogen-bond donors (Lipinski definition) is 4. The molecule has 4 saturated carbocycles. The van der Waals surface area contributed by atoms with Crippen LogP contribution in [0.4, 0.5) is 0 Å². The molecule has 0 heterocycles. The minimum absolute atomic E-state index is 0.0837. The fourth-order valence-electron chi connectivity index (χ4n) is 21.5. The Bertz CT molecular complexity index is 3330. The first-order valence-electron chi connectivity index (χ1n) is 32.7. The minimum atomic E-state index is -0.741. The topological polar surface area (TPSA) is 98.0 Å². The summed E-state index contributed by atoms with van der Waals surface area (Å²) in [5.41, 5.74) is 12.0. The lowest BCUT2D eigenvalue weighted by Crippen LogP contribution is -2.69. The summed E-state index contributed by atoms with van der Waals surface area (Å²) >= 11 is 0. The van der Waals surface area contributed by atoms with Gasteiger partial charge in [0.05, 0.1) is 18.1 Å². The fraction of sp³-hybridized carbons (Fsp3) is 0.545. The van der Waals surface area contributed by atoms with Crippen molar-refractivity contribution in [1.29, 1.82) is 0 Å². The van der Waals surface area contributed by atoms with E-state index in [1.165, 1.54) is 70.4 Å². The number of fused-ring (bicyclic) bond motifs is 4. The molecule has 12 unspecified atom stereocenters. The van der Waals surface area contributed by atoms with E-state index in [1.54, 1.807) is 28.9 Å². The van der Waals surface area contributed by atoms with Gasteiger partial charge >= 0.3 is 5.97 Å². The van der Waals surface area contributed by atoms with E-state index >= 15 is 0 Å². The predicted octanol–water partition coefficient (Wildman–Crippen LogP) is 16.1. The summed E-state index contributed by atoms with van der Waals surface area (Å²) < 4.78 is 0. The van der Waals surface area contributed by atoms with Gasteiger partial charge in [0.2, 0.25) is 0 Å². The predicted molar refractivity (Wildman–Crippen MR) is 333 cm³/mol. The first kappa shape index (κ1) is 55.9. The van der Waals surface area contributed by atoms with Crippen molar-refractivity contribution in [2.45, 2.75) is 182 Å². The van der Waals surface area contributed by atoms with Crippen LogP contribution in [-0.2, 0) is 17.6 Å². The number of allylic oxidation sites excluding steroid dienone is 7. The zero-order valence-electron chi connectivity index (χ0n) is 50.2. The Labute approximate surface area is 490 Å². The van der Waals surface area contributed by atoms with Gasteiger partial charge in [0.1, 0.15) is 5.75 Å². The number of aliphatic hydroxyl groups is 2. The van der Waals surface area contributed by atoms with Crippen LogP contribution < -0.4 is 10.4 Å². The van der Waals surface area contributed by atoms with Gasteiger partial charge in [-0.05, 0) is 212 Å². The molecule has 0 amide bonds. The molecule has 12 atom stereocenters. The van der Waals surface area contributed by atoms with Gasteiger partial charge in [-0.2, -0.15) is 0 Å². The number of phenols is 1. The van der Waals surface area contributed by atoms with Crippen LogP contribution in [0, 0.1) is 80.3 Å². The summed E-state index contributed by atoms with van der Waals surface area (Å²) in [5.74, 6) is 1.08. The first-order chi connectivity index (χ1) is 39.5. The highest BCUT2D eigenvalue weighted by atomic mass is 16.4. The summed E-state index contributed by atoms with van der Waals surface area (Å²) in [6, 6.07) is 36.9. The Hall–Kier alpha value is -5.23. The van der Waals surface area contributed by atoms with E-state index in [1.807, 2.05) is 12.1 Å². The summed E-state index contributed by atoms with van der Waals surface area (Å²) in [7, 11) is 0. The number of aliphatic carboxylic acids is 1. The van der Waals surface area contributed by atoms with Crippen LogP contribution in [0.25, 0.3) is 22.8 Å². The van der Waals surface area contributed by atoms with Gasteiger partial charge in [-0.25, -0.2) is 0 Å². The molecule has 13 rings (SSSR count). The molecule has 4 aromatic carbocycles. The molecule has 82 heavy (non-hydrogen) atoms. The maximum Gasteiger partial charge on any atom is 0.306 e. The number of rotatable bonds is 15. The largest absolute Gasteiger partial charge is 0.508 e. The average Bonchev–Trinajstić information content (AvgIpc) is 1.02. The summed E-state index contributed by atoms with van der Waals surface area (Å²) in [6.45, 7) is 16.8. The van der Waals surface area contributed by atoms with E-state index in [0.29, 0.717) is 48.9 Å². The van der Waals surface area contributed by atoms with Crippen LogP contribution in [0.2, 0.25) is 0 Å². The number of hydrogen-bond acceptors (Lipinski definition) is 4. The van der Waals surface area contributed by atoms with Gasteiger partial charge in [-0.3, -0.25) is 4.79 Å². The van der Waals surface area contributed by atoms with Gasteiger partial charge in [-0.15, -0.1) is 0 Å². The number of aliphatic hydroxyl groups excluding tert-OH is 2. The highest BCUT2D eigenvalue weighted by Gasteiger charge is 2.77. The minimum Gasteiger partial charge on any atom is -0.508 e. The smallest absolute Gasteiger partial charge is 0.306 e. The molecule has 432 valence electrons. The molecule has 0 aliphatic heterocycles. The highest BCUT2D eigenvalue weighted by molar-refractivity contribution is 5.78. The maximum atomic E-state index is 14.3. The molecule has 9 aliphatic rings. The zero-order chi connectivity index (χ0) is 56.9. The van der Waals surface area contributed by atoms with Crippen LogP contribution in [0.3, 0.4) is 0 Å². The van der Waals surface area contributed by atoms with Gasteiger partial charge < -0.3 is 20.4 Å². The van der Waals surface area contributed by atoms with Gasteiger partial charge in [0.15, 0.2) is 0 Å². The SMILES string of the molecule is C=C(CCC(C(=O)O)C1C(O)CC2(C3CCC(Cc4ccccc4)CC3)C3=C(CCC12C)C12CCC(O)C4(C)CC=C(CC(C)C)C(C=C5C(Cc6cccc(-c7ccc(O)cc7)c6)=c6ccccc6=CC51)(C3)C42)C(C)C1CCCCC1. The van der Waals surface area contributed by atoms with Crippen molar-refractivity contribution in [3.05, 3.63) is 171 Å². The van der Waals surface area contributed by atoms with Crippen LogP contribution in [0.5, 0.6) is 5.75 Å². The van der Waals surface area contributed by atoms with Crippen molar-refractivity contribution in [2.75, 3.05) is 0 Å². The van der Waals surface area contributed by atoms with Crippen LogP contribution in [0.15, 0.2) is 150 Å². The summed E-state index contributed by atoms with van der Waals surface area (Å²) in [6.07, 6.45) is 27.7. The molecule has 2 bridgehead atoms. The lowest BCUT2D eigenvalue weighted by Gasteiger charge is -2.74. The molecular formula is C77H94O5. The molecule has 9 aliphatic carbocycles. The van der Waals surface area contributed by atoms with Crippen LogP contribution >= 0.6 is 0 Å². The van der Waals surface area contributed by atoms with E-state index < -0.39 is 29.5 Å². The molecule has 0 saturated heterocycles. The highest BCUT2D eigenvalue weighted by Crippen LogP contribution is 2.83. The third-order valence-electron chi connectivity index (χ3n) is 25.1.